The Bertz CT molecular complexity index is 693. The van der Waals surface area contributed by atoms with Gasteiger partial charge in [-0.1, -0.05) is 24.3 Å². The van der Waals surface area contributed by atoms with E-state index in [1.54, 1.807) is 37.0 Å². The van der Waals surface area contributed by atoms with E-state index >= 15 is 0 Å². The Hall–Kier alpha value is -2.29. The van der Waals surface area contributed by atoms with E-state index in [2.05, 4.69) is 6.07 Å². The lowest BCUT2D eigenvalue weighted by Gasteiger charge is -2.15. The highest BCUT2D eigenvalue weighted by atomic mass is 32.2. The Morgan fingerprint density at radius 1 is 1.23 bits per heavy atom. The van der Waals surface area contributed by atoms with Crippen LogP contribution in [0.1, 0.15) is 21.5 Å². The molecule has 112 valence electrons. The second-order valence-electron chi connectivity index (χ2n) is 4.58. The van der Waals surface area contributed by atoms with Gasteiger partial charge in [-0.3, -0.25) is 9.63 Å². The molecule has 1 amide bonds. The second-order valence-corrected chi connectivity index (χ2v) is 5.60. The molecule has 22 heavy (non-hydrogen) atoms. The molecule has 0 N–H and O–H groups in total. The quantitative estimate of drug-likeness (QED) is 0.626. The van der Waals surface area contributed by atoms with Crippen molar-refractivity contribution < 1.29 is 9.63 Å². The topological polar surface area (TPSA) is 53.3 Å². The molecule has 0 aliphatic carbocycles. The second kappa shape index (κ2) is 7.64. The minimum atomic E-state index is -0.176. The Morgan fingerprint density at radius 2 is 1.91 bits per heavy atom. The van der Waals surface area contributed by atoms with Crippen molar-refractivity contribution in [2.45, 2.75) is 10.6 Å². The van der Waals surface area contributed by atoms with Gasteiger partial charge in [0.1, 0.15) is 0 Å². The summed E-state index contributed by atoms with van der Waals surface area (Å²) in [5.41, 5.74) is 2.36. The minimum absolute atomic E-state index is 0.176. The van der Waals surface area contributed by atoms with Crippen molar-refractivity contribution in [2.75, 3.05) is 14.2 Å². The normalized spacial score (nSPS) is 10.0. The van der Waals surface area contributed by atoms with Crippen LogP contribution in [0.4, 0.5) is 0 Å². The largest absolute Gasteiger partial charge is 0.278 e. The molecule has 2 rings (SSSR count). The van der Waals surface area contributed by atoms with Crippen LogP contribution in [0.2, 0.25) is 0 Å². The highest BCUT2D eigenvalue weighted by Crippen LogP contribution is 2.27. The summed E-state index contributed by atoms with van der Waals surface area (Å²) in [5.74, 6) is 0.553. The van der Waals surface area contributed by atoms with Crippen molar-refractivity contribution in [1.29, 1.82) is 5.26 Å². The van der Waals surface area contributed by atoms with Crippen molar-refractivity contribution in [2.24, 2.45) is 0 Å². The monoisotopic (exact) mass is 312 g/mol. The average Bonchev–Trinajstić information content (AvgIpc) is 2.59. The first kappa shape index (κ1) is 16.1. The maximum atomic E-state index is 12.2. The van der Waals surface area contributed by atoms with Crippen LogP contribution in [0.3, 0.4) is 0 Å². The summed E-state index contributed by atoms with van der Waals surface area (Å²) in [4.78, 5) is 18.1. The smallest absolute Gasteiger partial charge is 0.274 e. The van der Waals surface area contributed by atoms with Gasteiger partial charge in [0, 0.05) is 17.7 Å². The highest BCUT2D eigenvalue weighted by molar-refractivity contribution is 7.98. The molecule has 0 bridgehead atoms. The van der Waals surface area contributed by atoms with Gasteiger partial charge in [-0.05, 0) is 29.8 Å². The predicted octanol–water partition coefficient (Wildman–Crippen LogP) is 3.48. The molecule has 2 aromatic rings. The van der Waals surface area contributed by atoms with E-state index in [4.69, 9.17) is 10.1 Å². The molecule has 5 heteroatoms. The number of benzene rings is 2. The zero-order valence-electron chi connectivity index (χ0n) is 12.4. The van der Waals surface area contributed by atoms with E-state index in [0.29, 0.717) is 11.1 Å². The molecule has 0 saturated heterocycles. The molecule has 0 atom stereocenters. The Kier molecular flexibility index (Phi) is 5.59. The third-order valence-electron chi connectivity index (χ3n) is 3.15. The molecule has 0 aliphatic heterocycles. The SMILES string of the molecule is CON(C)C(=O)c1ccccc1SCc1ccc(C#N)cc1. The molecular weight excluding hydrogens is 296 g/mol. The first-order valence-electron chi connectivity index (χ1n) is 6.68. The number of nitriles is 1. The maximum absolute atomic E-state index is 12.2. The summed E-state index contributed by atoms with van der Waals surface area (Å²) in [5, 5.41) is 10.0. The number of carbonyl (C=O) groups excluding carboxylic acids is 1. The van der Waals surface area contributed by atoms with Crippen molar-refractivity contribution in [3.8, 4) is 6.07 Å². The van der Waals surface area contributed by atoms with Crippen molar-refractivity contribution in [3.63, 3.8) is 0 Å². The summed E-state index contributed by atoms with van der Waals surface area (Å²) in [6.45, 7) is 0. The van der Waals surface area contributed by atoms with Gasteiger partial charge in [0.15, 0.2) is 0 Å². The van der Waals surface area contributed by atoms with Gasteiger partial charge >= 0.3 is 0 Å². The number of rotatable bonds is 5. The third-order valence-corrected chi connectivity index (χ3v) is 4.30. The van der Waals surface area contributed by atoms with Gasteiger partial charge in [-0.2, -0.15) is 5.26 Å². The van der Waals surface area contributed by atoms with Gasteiger partial charge in [-0.15, -0.1) is 11.8 Å². The van der Waals surface area contributed by atoms with Crippen molar-refractivity contribution in [1.82, 2.24) is 5.06 Å². The molecule has 0 radical (unpaired) electrons. The van der Waals surface area contributed by atoms with Crippen LogP contribution in [0.25, 0.3) is 0 Å². The molecule has 0 aliphatic rings. The van der Waals surface area contributed by atoms with Crippen molar-refractivity contribution in [3.05, 3.63) is 65.2 Å². The van der Waals surface area contributed by atoms with E-state index in [1.807, 2.05) is 30.3 Å². The Labute approximate surface area is 134 Å². The zero-order valence-corrected chi connectivity index (χ0v) is 13.3. The van der Waals surface area contributed by atoms with Crippen LogP contribution in [0.15, 0.2) is 53.4 Å². The average molecular weight is 312 g/mol. The number of hydrogen-bond donors (Lipinski definition) is 0. The minimum Gasteiger partial charge on any atom is -0.274 e. The van der Waals surface area contributed by atoms with Crippen LogP contribution < -0.4 is 0 Å². The lowest BCUT2D eigenvalue weighted by molar-refractivity contribution is -0.0759. The van der Waals surface area contributed by atoms with E-state index in [0.717, 1.165) is 16.2 Å². The number of nitrogens with zero attached hydrogens (tertiary/aromatic N) is 2. The lowest BCUT2D eigenvalue weighted by Crippen LogP contribution is -2.25. The fourth-order valence-corrected chi connectivity index (χ4v) is 2.86. The van der Waals surface area contributed by atoms with Crippen LogP contribution in [0.5, 0.6) is 0 Å². The molecule has 0 aromatic heterocycles. The molecule has 0 heterocycles. The van der Waals surface area contributed by atoms with Crippen LogP contribution in [0, 0.1) is 11.3 Å². The number of thioether (sulfide) groups is 1. The summed E-state index contributed by atoms with van der Waals surface area (Å²) in [6.07, 6.45) is 0. The highest BCUT2D eigenvalue weighted by Gasteiger charge is 2.15. The molecule has 4 nitrogen and oxygen atoms in total. The predicted molar refractivity (Wildman–Crippen MR) is 86.3 cm³/mol. The number of amides is 1. The first-order valence-corrected chi connectivity index (χ1v) is 7.67. The summed E-state index contributed by atoms with van der Waals surface area (Å²) in [6, 6.07) is 17.0. The maximum Gasteiger partial charge on any atom is 0.278 e. The van der Waals surface area contributed by atoms with Gasteiger partial charge in [0.05, 0.1) is 24.3 Å². The first-order chi connectivity index (χ1) is 10.7. The van der Waals surface area contributed by atoms with Gasteiger partial charge in [-0.25, -0.2) is 5.06 Å². The summed E-state index contributed by atoms with van der Waals surface area (Å²) < 4.78 is 0. The van der Waals surface area contributed by atoms with E-state index < -0.39 is 0 Å². The van der Waals surface area contributed by atoms with E-state index in [9.17, 15) is 4.79 Å². The Morgan fingerprint density at radius 3 is 2.55 bits per heavy atom. The van der Waals surface area contributed by atoms with Gasteiger partial charge in [0.25, 0.3) is 5.91 Å². The molecule has 2 aromatic carbocycles. The number of carbonyl (C=O) groups is 1. The van der Waals surface area contributed by atoms with Crippen LogP contribution >= 0.6 is 11.8 Å². The van der Waals surface area contributed by atoms with Crippen LogP contribution in [-0.4, -0.2) is 25.1 Å². The molecule has 0 unspecified atom stereocenters. The van der Waals surface area contributed by atoms with E-state index in [1.165, 1.54) is 12.2 Å². The van der Waals surface area contributed by atoms with E-state index in [-0.39, 0.29) is 5.91 Å². The van der Waals surface area contributed by atoms with Gasteiger partial charge < -0.3 is 0 Å². The van der Waals surface area contributed by atoms with Crippen LogP contribution in [-0.2, 0) is 10.6 Å². The van der Waals surface area contributed by atoms with Gasteiger partial charge in [0.2, 0.25) is 0 Å². The molecular formula is C17H16N2O2S. The fraction of sp³-hybridized carbons (Fsp3) is 0.176. The fourth-order valence-electron chi connectivity index (χ4n) is 1.86. The van der Waals surface area contributed by atoms with Crippen molar-refractivity contribution >= 4 is 17.7 Å². The third kappa shape index (κ3) is 3.88. The summed E-state index contributed by atoms with van der Waals surface area (Å²) in [7, 11) is 3.05. The zero-order chi connectivity index (χ0) is 15.9. The molecule has 0 saturated carbocycles. The number of hydrogen-bond acceptors (Lipinski definition) is 4. The lowest BCUT2D eigenvalue weighted by atomic mass is 10.2. The molecule has 0 fully saturated rings. The standard InChI is InChI=1S/C17H16N2O2S/c1-19(21-2)17(20)15-5-3-4-6-16(15)22-12-14-9-7-13(11-18)8-10-14/h3-10H,12H2,1-2H3. The molecule has 0 spiro atoms. The summed E-state index contributed by atoms with van der Waals surface area (Å²) >= 11 is 1.58. The Balaban J connectivity index is 2.12. The number of hydroxylamine groups is 2.